The Labute approximate surface area is 175 Å². The van der Waals surface area contributed by atoms with E-state index in [9.17, 15) is 0 Å². The molecule has 0 aromatic heterocycles. The van der Waals surface area contributed by atoms with Crippen LogP contribution in [0, 0.1) is 6.92 Å². The van der Waals surface area contributed by atoms with E-state index in [0.29, 0.717) is 6.32 Å². The van der Waals surface area contributed by atoms with Gasteiger partial charge in [-0.1, -0.05) is 87.6 Å². The molecule has 3 nitrogen and oxygen atoms in total. The third-order valence-corrected chi connectivity index (χ3v) is 7.60. The summed E-state index contributed by atoms with van der Waals surface area (Å²) in [6.07, 6.45) is 11.5. The summed E-state index contributed by atoms with van der Waals surface area (Å²) in [4.78, 5) is 0. The van der Waals surface area contributed by atoms with Gasteiger partial charge in [0.15, 0.2) is 0 Å². The fourth-order valence-electron chi connectivity index (χ4n) is 3.87. The van der Waals surface area contributed by atoms with Crippen LogP contribution in [0.25, 0.3) is 0 Å². The Balaban J connectivity index is 2.42. The van der Waals surface area contributed by atoms with Gasteiger partial charge in [0.1, 0.15) is 0 Å². The van der Waals surface area contributed by atoms with Gasteiger partial charge < -0.3 is 15.8 Å². The summed E-state index contributed by atoms with van der Waals surface area (Å²) in [7, 11) is -2.15. The maximum absolute atomic E-state index is 9.06. The maximum Gasteiger partial charge on any atom is 0.451 e. The molecule has 0 aliphatic rings. The lowest BCUT2D eigenvalue weighted by Gasteiger charge is -2.30. The zero-order chi connectivity index (χ0) is 21.0. The number of rotatable bonds is 15. The molecule has 0 fully saturated rings. The van der Waals surface area contributed by atoms with Crippen molar-refractivity contribution in [2.24, 2.45) is 5.73 Å². The van der Waals surface area contributed by atoms with E-state index in [0.717, 1.165) is 38.5 Å². The highest BCUT2D eigenvalue weighted by atomic mass is 28.3. The molecule has 0 radical (unpaired) electrons. The molecule has 0 amide bonds. The SMILES string of the molecule is Cc1ccc(CCCCC(N)(CCCCB(O)O)CCCC[Si](C)(C)C)cc1. The highest BCUT2D eigenvalue weighted by molar-refractivity contribution is 6.76. The van der Waals surface area contributed by atoms with E-state index < -0.39 is 15.2 Å². The molecule has 0 spiro atoms. The maximum atomic E-state index is 9.06. The van der Waals surface area contributed by atoms with Crippen molar-refractivity contribution in [3.8, 4) is 0 Å². The largest absolute Gasteiger partial charge is 0.451 e. The minimum absolute atomic E-state index is 0.0902. The lowest BCUT2D eigenvalue weighted by atomic mass is 9.79. The number of benzene rings is 1. The molecule has 0 aliphatic heterocycles. The Hall–Kier alpha value is -0.618. The summed E-state index contributed by atoms with van der Waals surface area (Å²) in [5.41, 5.74) is 9.49. The van der Waals surface area contributed by atoms with Crippen molar-refractivity contribution in [1.29, 1.82) is 0 Å². The van der Waals surface area contributed by atoms with Crippen molar-refractivity contribution in [1.82, 2.24) is 0 Å². The number of hydrogen-bond acceptors (Lipinski definition) is 3. The van der Waals surface area contributed by atoms with Crippen molar-refractivity contribution in [3.63, 3.8) is 0 Å². The van der Waals surface area contributed by atoms with E-state index in [2.05, 4.69) is 50.8 Å². The van der Waals surface area contributed by atoms with Gasteiger partial charge in [0.25, 0.3) is 0 Å². The van der Waals surface area contributed by atoms with Crippen LogP contribution in [0.2, 0.25) is 32.0 Å². The second kappa shape index (κ2) is 12.8. The number of hydrogen-bond donors (Lipinski definition) is 3. The first kappa shape index (κ1) is 25.4. The average molecular weight is 406 g/mol. The zero-order valence-corrected chi connectivity index (χ0v) is 19.8. The molecular weight excluding hydrogens is 361 g/mol. The highest BCUT2D eigenvalue weighted by Gasteiger charge is 2.24. The molecule has 1 atom stereocenters. The molecule has 0 heterocycles. The molecule has 1 unspecified atom stereocenters. The molecule has 160 valence electrons. The monoisotopic (exact) mass is 405 g/mol. The number of nitrogens with two attached hydrogens (primary N) is 1. The van der Waals surface area contributed by atoms with E-state index in [1.165, 1.54) is 42.9 Å². The van der Waals surface area contributed by atoms with Crippen molar-refractivity contribution in [2.45, 2.75) is 109 Å². The van der Waals surface area contributed by atoms with Crippen molar-refractivity contribution in [2.75, 3.05) is 0 Å². The van der Waals surface area contributed by atoms with Crippen LogP contribution >= 0.6 is 0 Å². The van der Waals surface area contributed by atoms with Crippen LogP contribution in [0.15, 0.2) is 24.3 Å². The van der Waals surface area contributed by atoms with Gasteiger partial charge in [-0.05, 0) is 50.9 Å². The van der Waals surface area contributed by atoms with Gasteiger partial charge in [-0.3, -0.25) is 0 Å². The fraction of sp³-hybridized carbons (Fsp3) is 0.739. The lowest BCUT2D eigenvalue weighted by Crippen LogP contribution is -2.40. The Kier molecular flexibility index (Phi) is 11.7. The van der Waals surface area contributed by atoms with Crippen molar-refractivity contribution in [3.05, 3.63) is 35.4 Å². The van der Waals surface area contributed by atoms with Crippen LogP contribution < -0.4 is 5.73 Å². The van der Waals surface area contributed by atoms with Crippen LogP contribution in [0.4, 0.5) is 0 Å². The van der Waals surface area contributed by atoms with Gasteiger partial charge in [0.05, 0.1) is 0 Å². The molecule has 0 aliphatic carbocycles. The van der Waals surface area contributed by atoms with Gasteiger partial charge in [-0.2, -0.15) is 0 Å². The van der Waals surface area contributed by atoms with Crippen molar-refractivity contribution < 1.29 is 10.0 Å². The predicted octanol–water partition coefficient (Wildman–Crippen LogP) is 5.56. The Bertz CT molecular complexity index is 530. The van der Waals surface area contributed by atoms with E-state index in [1.807, 2.05) is 0 Å². The van der Waals surface area contributed by atoms with Gasteiger partial charge in [-0.25, -0.2) is 0 Å². The highest BCUT2D eigenvalue weighted by Crippen LogP contribution is 2.27. The third kappa shape index (κ3) is 12.8. The molecule has 28 heavy (non-hydrogen) atoms. The number of aryl methyl sites for hydroxylation is 2. The van der Waals surface area contributed by atoms with E-state index in [4.69, 9.17) is 15.8 Å². The predicted molar refractivity (Wildman–Crippen MR) is 127 cm³/mol. The minimum Gasteiger partial charge on any atom is -0.427 e. The molecule has 0 saturated carbocycles. The topological polar surface area (TPSA) is 66.5 Å². The summed E-state index contributed by atoms with van der Waals surface area (Å²) in [6.45, 7) is 9.44. The standard InChI is InChI=1S/C23H44BNO2Si/c1-21-12-14-22(15-13-21)11-5-6-16-23(25,17-7-9-19-24(26)27)18-8-10-20-28(2,3)4/h12-15,26-27H,5-11,16-20,25H2,1-4H3. The average Bonchev–Trinajstić information content (AvgIpc) is 2.60. The van der Waals surface area contributed by atoms with Gasteiger partial charge in [0, 0.05) is 13.6 Å². The minimum atomic E-state index is -1.18. The molecular formula is C23H44BNO2Si. The summed E-state index contributed by atoms with van der Waals surface area (Å²) in [5, 5.41) is 18.1. The Morgan fingerprint density at radius 3 is 1.93 bits per heavy atom. The molecule has 5 heteroatoms. The molecule has 4 N–H and O–H groups in total. The Morgan fingerprint density at radius 2 is 1.39 bits per heavy atom. The molecule has 1 aromatic rings. The van der Waals surface area contributed by atoms with Gasteiger partial charge in [-0.15, -0.1) is 0 Å². The van der Waals surface area contributed by atoms with Crippen LogP contribution in [0.1, 0.15) is 68.9 Å². The molecule has 0 bridgehead atoms. The van der Waals surface area contributed by atoms with Crippen LogP contribution in [0.5, 0.6) is 0 Å². The first-order valence-electron chi connectivity index (χ1n) is 11.3. The second-order valence-corrected chi connectivity index (χ2v) is 15.7. The molecule has 1 aromatic carbocycles. The zero-order valence-electron chi connectivity index (χ0n) is 18.8. The molecule has 1 rings (SSSR count). The first-order chi connectivity index (χ1) is 13.1. The normalized spacial score (nSPS) is 14.1. The summed E-state index contributed by atoms with van der Waals surface area (Å²) < 4.78 is 0. The second-order valence-electron chi connectivity index (χ2n) is 10.0. The van der Waals surface area contributed by atoms with Crippen LogP contribution in [-0.2, 0) is 6.42 Å². The van der Waals surface area contributed by atoms with E-state index in [-0.39, 0.29) is 5.54 Å². The fourth-order valence-corrected chi connectivity index (χ4v) is 5.18. The van der Waals surface area contributed by atoms with Gasteiger partial charge >= 0.3 is 7.12 Å². The van der Waals surface area contributed by atoms with Crippen LogP contribution in [-0.4, -0.2) is 30.8 Å². The quantitative estimate of drug-likeness (QED) is 0.264. The Morgan fingerprint density at radius 1 is 0.857 bits per heavy atom. The number of unbranched alkanes of at least 4 members (excludes halogenated alkanes) is 3. The molecule has 0 saturated heterocycles. The summed E-state index contributed by atoms with van der Waals surface area (Å²) in [5.74, 6) is 0. The summed E-state index contributed by atoms with van der Waals surface area (Å²) in [6, 6.07) is 10.2. The summed E-state index contributed by atoms with van der Waals surface area (Å²) >= 11 is 0. The van der Waals surface area contributed by atoms with E-state index >= 15 is 0 Å². The van der Waals surface area contributed by atoms with Crippen LogP contribution in [0.3, 0.4) is 0 Å². The van der Waals surface area contributed by atoms with Crippen molar-refractivity contribution >= 4 is 15.2 Å². The first-order valence-corrected chi connectivity index (χ1v) is 15.0. The third-order valence-electron chi connectivity index (χ3n) is 5.75. The van der Waals surface area contributed by atoms with E-state index in [1.54, 1.807) is 0 Å². The smallest absolute Gasteiger partial charge is 0.427 e. The van der Waals surface area contributed by atoms with Gasteiger partial charge in [0.2, 0.25) is 0 Å². The lowest BCUT2D eigenvalue weighted by molar-refractivity contribution is 0.308.